The Morgan fingerprint density at radius 3 is 2.39 bits per heavy atom. The van der Waals surface area contributed by atoms with Gasteiger partial charge in [-0.05, 0) is 45.9 Å². The molecule has 0 unspecified atom stereocenters. The van der Waals surface area contributed by atoms with E-state index in [1.165, 1.54) is 11.6 Å². The fourth-order valence-corrected chi connectivity index (χ4v) is 2.49. The number of aromatic nitrogens is 1. The molecule has 8 heteroatoms. The van der Waals surface area contributed by atoms with Gasteiger partial charge in [-0.25, -0.2) is 13.8 Å². The summed E-state index contributed by atoms with van der Waals surface area (Å²) in [6.45, 7) is 6.44. The Morgan fingerprint density at radius 2 is 1.83 bits per heavy atom. The maximum atomic E-state index is 13.4. The van der Waals surface area contributed by atoms with Gasteiger partial charge in [0.15, 0.2) is 11.6 Å². The minimum atomic E-state index is -1.35. The van der Waals surface area contributed by atoms with E-state index >= 15 is 0 Å². The summed E-state index contributed by atoms with van der Waals surface area (Å²) >= 11 is 1.13. The van der Waals surface area contributed by atoms with Gasteiger partial charge in [0, 0.05) is 5.56 Å². The Balaban J connectivity index is 2.32. The summed E-state index contributed by atoms with van der Waals surface area (Å²) in [5.41, 5.74) is -0.102. The predicted octanol–water partition coefficient (Wildman–Crippen LogP) is 2.34. The van der Waals surface area contributed by atoms with Crippen LogP contribution in [0.2, 0.25) is 0 Å². The second-order valence-electron chi connectivity index (χ2n) is 6.23. The van der Waals surface area contributed by atoms with Crippen molar-refractivity contribution >= 4 is 23.2 Å². The van der Waals surface area contributed by atoms with Gasteiger partial charge in [-0.2, -0.15) is 0 Å². The largest absolute Gasteiger partial charge is 0.504 e. The van der Waals surface area contributed by atoms with Gasteiger partial charge in [-0.3, -0.25) is 0 Å². The quantitative estimate of drug-likeness (QED) is 0.820. The van der Waals surface area contributed by atoms with Crippen LogP contribution in [0, 0.1) is 11.6 Å². The third-order valence-corrected chi connectivity index (χ3v) is 4.75. The molecule has 0 amide bonds. The van der Waals surface area contributed by atoms with Crippen molar-refractivity contribution in [2.24, 2.45) is 0 Å². The molecular weight excluding hydrogens is 323 g/mol. The zero-order valence-corrected chi connectivity index (χ0v) is 14.1. The van der Waals surface area contributed by atoms with Crippen LogP contribution in [0.5, 0.6) is 0 Å². The lowest BCUT2D eigenvalue weighted by molar-refractivity contribution is -0.0981. The second kappa shape index (κ2) is 6.28. The number of hydrogen-bond acceptors (Lipinski definition) is 5. The lowest BCUT2D eigenvalue weighted by atomic mass is 9.80. The smallest absolute Gasteiger partial charge is 0.422 e. The molecule has 1 aromatic heterocycles. The number of hydrogen-bond donors (Lipinski definition) is 2. The number of rotatable bonds is 5. The van der Waals surface area contributed by atoms with Gasteiger partial charge in [-0.15, -0.1) is 11.3 Å². The highest BCUT2D eigenvalue weighted by Gasteiger charge is 2.40. The Morgan fingerprint density at radius 1 is 1.17 bits per heavy atom. The van der Waals surface area contributed by atoms with Gasteiger partial charge in [0.2, 0.25) is 0 Å². The molecule has 0 aliphatic heterocycles. The van der Waals surface area contributed by atoms with Crippen molar-refractivity contribution in [3.63, 3.8) is 0 Å². The summed E-state index contributed by atoms with van der Waals surface area (Å²) in [5.74, 6) is -1.95. The standard InChI is InChI=1S/C15H18BF2NO3S/c1-14(2,20)15(3,4)22-16(21)13-12(19-8-23-13)9-5-6-10(17)11(18)7-9/h5-8,20-21H,1-4H3. The van der Waals surface area contributed by atoms with E-state index in [0.29, 0.717) is 16.0 Å². The molecule has 0 saturated carbocycles. The van der Waals surface area contributed by atoms with Gasteiger partial charge >= 0.3 is 7.12 Å². The van der Waals surface area contributed by atoms with Gasteiger partial charge < -0.3 is 14.8 Å². The zero-order valence-electron chi connectivity index (χ0n) is 13.3. The van der Waals surface area contributed by atoms with E-state index < -0.39 is 30.0 Å². The summed E-state index contributed by atoms with van der Waals surface area (Å²) in [6.07, 6.45) is 0. The summed E-state index contributed by atoms with van der Waals surface area (Å²) in [4.78, 5) is 4.10. The van der Waals surface area contributed by atoms with Crippen molar-refractivity contribution < 1.29 is 23.6 Å². The molecular formula is C15H18BF2NO3S. The lowest BCUT2D eigenvalue weighted by Crippen LogP contribution is -2.53. The number of nitrogens with zero attached hydrogens (tertiary/aromatic N) is 1. The molecule has 0 fully saturated rings. The first-order chi connectivity index (χ1) is 10.5. The fourth-order valence-electron chi connectivity index (χ4n) is 1.77. The van der Waals surface area contributed by atoms with E-state index in [1.54, 1.807) is 27.7 Å². The molecule has 124 valence electrons. The van der Waals surface area contributed by atoms with E-state index in [0.717, 1.165) is 23.5 Å². The molecule has 23 heavy (non-hydrogen) atoms. The molecule has 0 aliphatic rings. The number of aliphatic hydroxyl groups is 1. The normalized spacial score (nSPS) is 12.5. The van der Waals surface area contributed by atoms with E-state index in [1.807, 2.05) is 0 Å². The van der Waals surface area contributed by atoms with Crippen molar-refractivity contribution in [3.8, 4) is 11.3 Å². The van der Waals surface area contributed by atoms with Crippen molar-refractivity contribution in [1.82, 2.24) is 4.98 Å². The molecule has 1 heterocycles. The minimum Gasteiger partial charge on any atom is -0.422 e. The van der Waals surface area contributed by atoms with Crippen molar-refractivity contribution in [2.75, 3.05) is 0 Å². The molecule has 0 radical (unpaired) electrons. The Hall–Kier alpha value is -1.35. The van der Waals surface area contributed by atoms with Crippen molar-refractivity contribution in [3.05, 3.63) is 35.3 Å². The molecule has 0 spiro atoms. The van der Waals surface area contributed by atoms with Crippen LogP contribution in [0.25, 0.3) is 11.3 Å². The molecule has 1 aromatic carbocycles. The van der Waals surface area contributed by atoms with Crippen LogP contribution in [0.15, 0.2) is 23.7 Å². The first kappa shape index (κ1) is 18.0. The number of benzene rings is 1. The highest BCUT2D eigenvalue weighted by molar-refractivity contribution is 7.21. The molecule has 0 atom stereocenters. The lowest BCUT2D eigenvalue weighted by Gasteiger charge is -2.38. The summed E-state index contributed by atoms with van der Waals surface area (Å²) in [5, 5.41) is 20.4. The fraction of sp³-hybridized carbons (Fsp3) is 0.400. The van der Waals surface area contributed by atoms with Gasteiger partial charge in [0.1, 0.15) is 0 Å². The molecule has 0 aliphatic carbocycles. The van der Waals surface area contributed by atoms with Crippen LogP contribution in [0.4, 0.5) is 8.78 Å². The van der Waals surface area contributed by atoms with E-state index in [4.69, 9.17) is 4.65 Å². The van der Waals surface area contributed by atoms with Gasteiger partial charge in [0.25, 0.3) is 0 Å². The second-order valence-corrected chi connectivity index (χ2v) is 7.12. The summed E-state index contributed by atoms with van der Waals surface area (Å²) in [7, 11) is -1.35. The molecule has 0 saturated heterocycles. The molecule has 4 nitrogen and oxygen atoms in total. The van der Waals surface area contributed by atoms with Gasteiger partial charge in [0.05, 0.1) is 27.2 Å². The van der Waals surface area contributed by atoms with Crippen molar-refractivity contribution in [1.29, 1.82) is 0 Å². The average molecular weight is 341 g/mol. The van der Waals surface area contributed by atoms with Gasteiger partial charge in [-0.1, -0.05) is 0 Å². The molecule has 2 aromatic rings. The van der Waals surface area contributed by atoms with E-state index in [2.05, 4.69) is 4.98 Å². The molecule has 2 N–H and O–H groups in total. The number of thiazole rings is 1. The zero-order chi connectivity index (χ0) is 17.4. The Kier molecular flexibility index (Phi) is 4.91. The minimum absolute atomic E-state index is 0.313. The monoisotopic (exact) mass is 341 g/mol. The Labute approximate surface area is 137 Å². The predicted molar refractivity (Wildman–Crippen MR) is 86.5 cm³/mol. The van der Waals surface area contributed by atoms with Crippen LogP contribution in [0.3, 0.4) is 0 Å². The topological polar surface area (TPSA) is 62.6 Å². The SMILES string of the molecule is CC(C)(O)C(C)(C)OB(O)c1scnc1-c1ccc(F)c(F)c1. The van der Waals surface area contributed by atoms with Crippen LogP contribution < -0.4 is 4.78 Å². The Bertz CT molecular complexity index is 700. The molecule has 0 bridgehead atoms. The average Bonchev–Trinajstić information content (AvgIpc) is 2.89. The van der Waals surface area contributed by atoms with Crippen LogP contribution in [-0.4, -0.2) is 33.4 Å². The van der Waals surface area contributed by atoms with Crippen molar-refractivity contribution in [2.45, 2.75) is 38.9 Å². The first-order valence-electron chi connectivity index (χ1n) is 7.00. The van der Waals surface area contributed by atoms with E-state index in [9.17, 15) is 18.9 Å². The van der Waals surface area contributed by atoms with Crippen LogP contribution >= 0.6 is 11.3 Å². The summed E-state index contributed by atoms with van der Waals surface area (Å²) < 4.78 is 32.4. The third-order valence-electron chi connectivity index (χ3n) is 3.89. The highest BCUT2D eigenvalue weighted by Crippen LogP contribution is 2.27. The molecule has 2 rings (SSSR count). The highest BCUT2D eigenvalue weighted by atomic mass is 32.1. The van der Waals surface area contributed by atoms with E-state index in [-0.39, 0.29) is 0 Å². The van der Waals surface area contributed by atoms with Crippen LogP contribution in [-0.2, 0) is 4.65 Å². The maximum absolute atomic E-state index is 13.4. The maximum Gasteiger partial charge on any atom is 0.504 e. The third kappa shape index (κ3) is 3.77. The number of halogens is 2. The first-order valence-corrected chi connectivity index (χ1v) is 7.88. The van der Waals surface area contributed by atoms with Crippen LogP contribution in [0.1, 0.15) is 27.7 Å². The summed E-state index contributed by atoms with van der Waals surface area (Å²) in [6, 6.07) is 3.40.